The fraction of sp³-hybridized carbons (Fsp3) is 0.316. The predicted molar refractivity (Wildman–Crippen MR) is 105 cm³/mol. The van der Waals surface area contributed by atoms with Crippen LogP contribution in [0.25, 0.3) is 10.9 Å². The molecule has 3 aromatic rings. The number of rotatable bonds is 4. The van der Waals surface area contributed by atoms with Crippen LogP contribution in [0, 0.1) is 17.0 Å². The molecule has 8 nitrogen and oxygen atoms in total. The van der Waals surface area contributed by atoms with Gasteiger partial charge in [0, 0.05) is 24.2 Å². The lowest BCUT2D eigenvalue weighted by atomic mass is 10.1. The Hall–Kier alpha value is -3.29. The van der Waals surface area contributed by atoms with Crippen molar-refractivity contribution in [3.63, 3.8) is 0 Å². The van der Waals surface area contributed by atoms with Gasteiger partial charge in [-0.25, -0.2) is 9.97 Å². The minimum absolute atomic E-state index is 0.0935. The summed E-state index contributed by atoms with van der Waals surface area (Å²) in [6, 6.07) is 9.62. The van der Waals surface area contributed by atoms with Gasteiger partial charge in [0.15, 0.2) is 0 Å². The largest absolute Gasteiger partial charge is 0.353 e. The third-order valence-corrected chi connectivity index (χ3v) is 4.75. The second kappa shape index (κ2) is 7.14. The highest BCUT2D eigenvalue weighted by molar-refractivity contribution is 5.93. The fourth-order valence-corrected chi connectivity index (χ4v) is 3.44. The molecule has 3 heterocycles. The normalized spacial score (nSPS) is 14.3. The summed E-state index contributed by atoms with van der Waals surface area (Å²) in [7, 11) is 0. The van der Waals surface area contributed by atoms with E-state index < -0.39 is 4.92 Å². The molecule has 0 aliphatic carbocycles. The second-order valence-corrected chi connectivity index (χ2v) is 6.65. The van der Waals surface area contributed by atoms with Gasteiger partial charge in [0.05, 0.1) is 16.1 Å². The summed E-state index contributed by atoms with van der Waals surface area (Å²) in [4.78, 5) is 26.4. The molecule has 8 heteroatoms. The van der Waals surface area contributed by atoms with E-state index in [1.54, 1.807) is 0 Å². The van der Waals surface area contributed by atoms with Gasteiger partial charge in [0.25, 0.3) is 0 Å². The Kier molecular flexibility index (Phi) is 4.53. The van der Waals surface area contributed by atoms with E-state index in [1.807, 2.05) is 42.2 Å². The number of hydrogen-bond donors (Lipinski definition) is 1. The first-order valence-electron chi connectivity index (χ1n) is 9.01. The molecular formula is C19H20N6O2. The molecule has 2 aromatic heterocycles. The summed E-state index contributed by atoms with van der Waals surface area (Å²) < 4.78 is 0. The van der Waals surface area contributed by atoms with Crippen LogP contribution >= 0.6 is 0 Å². The number of hydrogen-bond acceptors (Lipinski definition) is 7. The number of anilines is 3. The first-order chi connectivity index (χ1) is 13.1. The van der Waals surface area contributed by atoms with E-state index in [4.69, 9.17) is 0 Å². The van der Waals surface area contributed by atoms with E-state index in [0.717, 1.165) is 48.9 Å². The van der Waals surface area contributed by atoms with Gasteiger partial charge in [-0.2, -0.15) is 0 Å². The maximum absolute atomic E-state index is 11.8. The zero-order chi connectivity index (χ0) is 18.8. The van der Waals surface area contributed by atoms with Crippen LogP contribution in [0.15, 0.2) is 36.7 Å². The number of nitro groups is 1. The molecule has 0 saturated carbocycles. The highest BCUT2D eigenvalue weighted by atomic mass is 16.6. The topological polar surface area (TPSA) is 97.1 Å². The van der Waals surface area contributed by atoms with Crippen molar-refractivity contribution >= 4 is 33.9 Å². The van der Waals surface area contributed by atoms with Crippen molar-refractivity contribution in [3.8, 4) is 0 Å². The van der Waals surface area contributed by atoms with Crippen LogP contribution < -0.4 is 10.2 Å². The van der Waals surface area contributed by atoms with E-state index in [0.29, 0.717) is 11.5 Å². The van der Waals surface area contributed by atoms with E-state index in [1.165, 1.54) is 6.33 Å². The molecule has 4 rings (SSSR count). The Balaban J connectivity index is 1.78. The number of piperidine rings is 1. The average molecular weight is 364 g/mol. The molecule has 1 aliphatic rings. The van der Waals surface area contributed by atoms with Crippen molar-refractivity contribution in [1.82, 2.24) is 15.0 Å². The van der Waals surface area contributed by atoms with Crippen LogP contribution in [0.3, 0.4) is 0 Å². The van der Waals surface area contributed by atoms with Crippen LogP contribution in [0.2, 0.25) is 0 Å². The Labute approximate surface area is 156 Å². The van der Waals surface area contributed by atoms with Gasteiger partial charge in [-0.3, -0.25) is 15.1 Å². The summed E-state index contributed by atoms with van der Waals surface area (Å²) in [5.41, 5.74) is 2.22. The van der Waals surface area contributed by atoms with Crippen molar-refractivity contribution in [2.75, 3.05) is 23.3 Å². The van der Waals surface area contributed by atoms with Crippen molar-refractivity contribution in [3.05, 3.63) is 52.5 Å². The highest BCUT2D eigenvalue weighted by Gasteiger charge is 2.28. The third kappa shape index (κ3) is 3.38. The molecule has 1 aromatic carbocycles. The summed E-state index contributed by atoms with van der Waals surface area (Å²) in [5, 5.41) is 15.9. The monoisotopic (exact) mass is 364 g/mol. The molecule has 0 radical (unpaired) electrons. The lowest BCUT2D eigenvalue weighted by Gasteiger charge is -2.27. The number of aryl methyl sites for hydroxylation is 1. The lowest BCUT2D eigenvalue weighted by molar-refractivity contribution is -0.383. The molecule has 0 spiro atoms. The van der Waals surface area contributed by atoms with Crippen molar-refractivity contribution in [1.29, 1.82) is 0 Å². The van der Waals surface area contributed by atoms with E-state index >= 15 is 0 Å². The van der Waals surface area contributed by atoms with Crippen molar-refractivity contribution in [2.24, 2.45) is 0 Å². The zero-order valence-electron chi connectivity index (χ0n) is 15.1. The Bertz CT molecular complexity index is 1000. The maximum Gasteiger partial charge on any atom is 0.353 e. The number of aromatic nitrogens is 3. The number of benzene rings is 1. The third-order valence-electron chi connectivity index (χ3n) is 4.75. The van der Waals surface area contributed by atoms with Crippen molar-refractivity contribution in [2.45, 2.75) is 26.2 Å². The maximum atomic E-state index is 11.8. The fourth-order valence-electron chi connectivity index (χ4n) is 3.44. The SMILES string of the molecule is Cc1ccc2cccc(Nc3ncnc(N4CCCCC4)c3[N+](=O)[O-])c2n1. The number of fused-ring (bicyclic) bond motifs is 1. The number of para-hydroxylation sites is 1. The van der Waals surface area contributed by atoms with Crippen LogP contribution in [0.1, 0.15) is 25.0 Å². The molecule has 1 N–H and O–H groups in total. The minimum atomic E-state index is -0.407. The molecule has 1 saturated heterocycles. The number of pyridine rings is 1. The van der Waals surface area contributed by atoms with Gasteiger partial charge in [-0.05, 0) is 38.3 Å². The molecule has 1 aliphatic heterocycles. The Morgan fingerprint density at radius 1 is 1.11 bits per heavy atom. The Morgan fingerprint density at radius 2 is 1.93 bits per heavy atom. The predicted octanol–water partition coefficient (Wildman–Crippen LogP) is 3.98. The lowest BCUT2D eigenvalue weighted by Crippen LogP contribution is -2.31. The molecular weight excluding hydrogens is 344 g/mol. The minimum Gasteiger partial charge on any atom is -0.351 e. The van der Waals surface area contributed by atoms with Gasteiger partial charge in [-0.1, -0.05) is 18.2 Å². The summed E-state index contributed by atoms with van der Waals surface area (Å²) in [6.45, 7) is 3.45. The molecule has 1 fully saturated rings. The Morgan fingerprint density at radius 3 is 2.70 bits per heavy atom. The molecule has 138 valence electrons. The molecule has 0 amide bonds. The van der Waals surface area contributed by atoms with Crippen LogP contribution in [0.4, 0.5) is 23.0 Å². The smallest absolute Gasteiger partial charge is 0.351 e. The molecule has 0 unspecified atom stereocenters. The number of nitrogens with zero attached hydrogens (tertiary/aromatic N) is 5. The van der Waals surface area contributed by atoms with Gasteiger partial charge >= 0.3 is 5.69 Å². The van der Waals surface area contributed by atoms with E-state index in [2.05, 4.69) is 20.3 Å². The molecule has 0 bridgehead atoms. The molecule has 0 atom stereocenters. The zero-order valence-corrected chi connectivity index (χ0v) is 15.1. The standard InChI is InChI=1S/C19H20N6O2/c1-13-8-9-14-6-5-7-15(16(14)22-13)23-18-17(25(26)27)19(21-12-20-18)24-10-3-2-4-11-24/h5-9,12H,2-4,10-11H2,1H3,(H,20,21,23). The van der Waals surface area contributed by atoms with Gasteiger partial charge in [0.1, 0.15) is 6.33 Å². The first kappa shape index (κ1) is 17.1. The average Bonchev–Trinajstić information content (AvgIpc) is 2.69. The van der Waals surface area contributed by atoms with Crippen molar-refractivity contribution < 1.29 is 4.92 Å². The number of nitrogens with one attached hydrogen (secondary N) is 1. The molecule has 27 heavy (non-hydrogen) atoms. The van der Waals surface area contributed by atoms with E-state index in [9.17, 15) is 10.1 Å². The first-order valence-corrected chi connectivity index (χ1v) is 9.01. The van der Waals surface area contributed by atoms with Gasteiger partial charge in [-0.15, -0.1) is 0 Å². The summed E-state index contributed by atoms with van der Waals surface area (Å²) in [6.07, 6.45) is 4.54. The highest BCUT2D eigenvalue weighted by Crippen LogP contribution is 2.35. The van der Waals surface area contributed by atoms with Crippen LogP contribution in [-0.2, 0) is 0 Å². The van der Waals surface area contributed by atoms with Crippen LogP contribution in [0.5, 0.6) is 0 Å². The van der Waals surface area contributed by atoms with Gasteiger partial charge in [0.2, 0.25) is 11.6 Å². The quantitative estimate of drug-likeness (QED) is 0.552. The van der Waals surface area contributed by atoms with E-state index in [-0.39, 0.29) is 11.5 Å². The summed E-state index contributed by atoms with van der Waals surface area (Å²) >= 11 is 0. The second-order valence-electron chi connectivity index (χ2n) is 6.65. The van der Waals surface area contributed by atoms with Crippen LogP contribution in [-0.4, -0.2) is 33.0 Å². The summed E-state index contributed by atoms with van der Waals surface area (Å²) in [5.74, 6) is 0.563. The van der Waals surface area contributed by atoms with Gasteiger partial charge < -0.3 is 10.2 Å².